The number of methoxy groups -OCH3 is 1. The minimum Gasteiger partial charge on any atom is -0.504 e. The van der Waals surface area contributed by atoms with E-state index in [1.807, 2.05) is 6.92 Å². The summed E-state index contributed by atoms with van der Waals surface area (Å²) in [7, 11) is 1.49. The first-order chi connectivity index (χ1) is 6.49. The van der Waals surface area contributed by atoms with Gasteiger partial charge in [-0.2, -0.15) is 0 Å². The molecule has 0 bridgehead atoms. The fraction of sp³-hybridized carbons (Fsp3) is 0.400. The van der Waals surface area contributed by atoms with E-state index in [0.29, 0.717) is 16.3 Å². The molecule has 3 nitrogen and oxygen atoms in total. The third kappa shape index (κ3) is 1.79. The van der Waals surface area contributed by atoms with E-state index in [1.165, 1.54) is 7.11 Å². The summed E-state index contributed by atoms with van der Waals surface area (Å²) in [4.78, 5) is 0. The Balaban J connectivity index is 3.45. The van der Waals surface area contributed by atoms with E-state index in [9.17, 15) is 5.11 Å². The quantitative estimate of drug-likeness (QED) is 0.797. The molecular formula is C10H14ClNO2. The summed E-state index contributed by atoms with van der Waals surface area (Å²) in [5.41, 5.74) is 7.08. The molecule has 78 valence electrons. The molecule has 0 heterocycles. The lowest BCUT2D eigenvalue weighted by Crippen LogP contribution is -2.07. The summed E-state index contributed by atoms with van der Waals surface area (Å²) >= 11 is 6.03. The first kappa shape index (κ1) is 11.1. The third-order valence-corrected chi connectivity index (χ3v) is 2.60. The van der Waals surface area contributed by atoms with E-state index in [1.54, 1.807) is 13.0 Å². The highest BCUT2D eigenvalue weighted by molar-refractivity contribution is 6.32. The van der Waals surface area contributed by atoms with Gasteiger partial charge in [0.2, 0.25) is 0 Å². The van der Waals surface area contributed by atoms with Gasteiger partial charge in [-0.3, -0.25) is 0 Å². The van der Waals surface area contributed by atoms with E-state index in [0.717, 1.165) is 5.56 Å². The van der Waals surface area contributed by atoms with E-state index in [4.69, 9.17) is 22.1 Å². The highest BCUT2D eigenvalue weighted by Crippen LogP contribution is 2.40. The average molecular weight is 216 g/mol. The summed E-state index contributed by atoms with van der Waals surface area (Å²) < 4.78 is 5.01. The van der Waals surface area contributed by atoms with Crippen LogP contribution in [-0.4, -0.2) is 12.2 Å². The van der Waals surface area contributed by atoms with Crippen LogP contribution in [0, 0.1) is 6.92 Å². The Morgan fingerprint density at radius 1 is 1.57 bits per heavy atom. The van der Waals surface area contributed by atoms with Gasteiger partial charge in [0, 0.05) is 11.6 Å². The first-order valence-corrected chi connectivity index (χ1v) is 4.68. The fourth-order valence-electron chi connectivity index (χ4n) is 1.35. The van der Waals surface area contributed by atoms with E-state index in [-0.39, 0.29) is 11.8 Å². The van der Waals surface area contributed by atoms with Gasteiger partial charge in [-0.1, -0.05) is 11.6 Å². The summed E-state index contributed by atoms with van der Waals surface area (Å²) in [6.45, 7) is 3.61. The SMILES string of the molecule is COc1cc(C)c(Cl)c(C(C)N)c1O. The lowest BCUT2D eigenvalue weighted by atomic mass is 10.0. The monoisotopic (exact) mass is 215 g/mol. The second-order valence-electron chi connectivity index (χ2n) is 3.26. The lowest BCUT2D eigenvalue weighted by Gasteiger charge is -2.15. The van der Waals surface area contributed by atoms with Gasteiger partial charge in [0.25, 0.3) is 0 Å². The topological polar surface area (TPSA) is 55.5 Å². The molecule has 0 aromatic heterocycles. The van der Waals surface area contributed by atoms with Crippen molar-refractivity contribution in [3.8, 4) is 11.5 Å². The van der Waals surface area contributed by atoms with Gasteiger partial charge in [0.15, 0.2) is 11.5 Å². The number of aromatic hydroxyl groups is 1. The van der Waals surface area contributed by atoms with E-state index >= 15 is 0 Å². The summed E-state index contributed by atoms with van der Waals surface area (Å²) in [5, 5.41) is 10.3. The Hall–Kier alpha value is -0.930. The number of phenols is 1. The molecule has 0 aliphatic carbocycles. The van der Waals surface area contributed by atoms with Gasteiger partial charge < -0.3 is 15.6 Å². The van der Waals surface area contributed by atoms with Gasteiger partial charge >= 0.3 is 0 Å². The van der Waals surface area contributed by atoms with Gasteiger partial charge in [0.05, 0.1) is 12.1 Å². The molecule has 1 aromatic carbocycles. The summed E-state index contributed by atoms with van der Waals surface area (Å²) in [5.74, 6) is 0.428. The smallest absolute Gasteiger partial charge is 0.164 e. The number of rotatable bonds is 2. The number of ether oxygens (including phenoxy) is 1. The van der Waals surface area contributed by atoms with Crippen molar-refractivity contribution in [2.24, 2.45) is 5.73 Å². The van der Waals surface area contributed by atoms with Crippen molar-refractivity contribution in [1.29, 1.82) is 0 Å². The predicted octanol–water partition coefficient (Wildman–Crippen LogP) is 2.38. The maximum Gasteiger partial charge on any atom is 0.164 e. The zero-order valence-corrected chi connectivity index (χ0v) is 9.22. The van der Waals surface area contributed by atoms with Crippen molar-refractivity contribution in [2.75, 3.05) is 7.11 Å². The molecule has 1 aromatic rings. The van der Waals surface area contributed by atoms with Crippen molar-refractivity contribution in [3.05, 3.63) is 22.2 Å². The molecule has 0 spiro atoms. The summed E-state index contributed by atoms with van der Waals surface area (Å²) in [6, 6.07) is 1.36. The molecule has 1 atom stereocenters. The minimum absolute atomic E-state index is 0.0260. The molecule has 0 radical (unpaired) electrons. The third-order valence-electron chi connectivity index (χ3n) is 2.09. The molecular weight excluding hydrogens is 202 g/mol. The Labute approximate surface area is 88.4 Å². The van der Waals surface area contributed by atoms with Gasteiger partial charge in [-0.25, -0.2) is 0 Å². The van der Waals surface area contributed by atoms with Gasteiger partial charge in [-0.15, -0.1) is 0 Å². The van der Waals surface area contributed by atoms with E-state index in [2.05, 4.69) is 0 Å². The highest BCUT2D eigenvalue weighted by Gasteiger charge is 2.17. The minimum atomic E-state index is -0.323. The van der Waals surface area contributed by atoms with Crippen LogP contribution >= 0.6 is 11.6 Å². The number of nitrogens with two attached hydrogens (primary N) is 1. The summed E-state index contributed by atoms with van der Waals surface area (Å²) in [6.07, 6.45) is 0. The van der Waals surface area contributed by atoms with Crippen molar-refractivity contribution in [1.82, 2.24) is 0 Å². The highest BCUT2D eigenvalue weighted by atomic mass is 35.5. The van der Waals surface area contributed by atoms with Crippen LogP contribution < -0.4 is 10.5 Å². The number of hydrogen-bond acceptors (Lipinski definition) is 3. The maximum absolute atomic E-state index is 9.78. The van der Waals surface area contributed by atoms with Crippen LogP contribution in [0.25, 0.3) is 0 Å². The molecule has 0 fully saturated rings. The molecule has 0 aliphatic heterocycles. The van der Waals surface area contributed by atoms with E-state index < -0.39 is 0 Å². The number of halogens is 1. The zero-order chi connectivity index (χ0) is 10.9. The fourth-order valence-corrected chi connectivity index (χ4v) is 1.66. The zero-order valence-electron chi connectivity index (χ0n) is 8.47. The van der Waals surface area contributed by atoms with Crippen LogP contribution in [0.3, 0.4) is 0 Å². The Bertz CT molecular complexity index is 350. The Morgan fingerprint density at radius 3 is 2.57 bits per heavy atom. The van der Waals surface area contributed by atoms with Crippen LogP contribution in [0.5, 0.6) is 11.5 Å². The first-order valence-electron chi connectivity index (χ1n) is 4.30. The molecule has 0 saturated heterocycles. The van der Waals surface area contributed by atoms with Crippen molar-refractivity contribution in [3.63, 3.8) is 0 Å². The second kappa shape index (κ2) is 4.07. The Kier molecular flexibility index (Phi) is 3.24. The normalized spacial score (nSPS) is 12.6. The van der Waals surface area contributed by atoms with Gasteiger partial charge in [0.1, 0.15) is 0 Å². The average Bonchev–Trinajstić information content (AvgIpc) is 2.11. The maximum atomic E-state index is 9.78. The molecule has 0 saturated carbocycles. The number of hydrogen-bond donors (Lipinski definition) is 2. The molecule has 1 unspecified atom stereocenters. The van der Waals surface area contributed by atoms with Crippen LogP contribution in [0.1, 0.15) is 24.1 Å². The standard InChI is InChI=1S/C10H14ClNO2/c1-5-4-7(14-3)10(13)8(6(2)12)9(5)11/h4,6,13H,12H2,1-3H3. The molecule has 4 heteroatoms. The van der Waals surface area contributed by atoms with Crippen LogP contribution in [-0.2, 0) is 0 Å². The van der Waals surface area contributed by atoms with Crippen LogP contribution in [0.15, 0.2) is 6.07 Å². The van der Waals surface area contributed by atoms with Gasteiger partial charge in [-0.05, 0) is 25.5 Å². The molecule has 1 rings (SSSR count). The largest absolute Gasteiger partial charge is 0.504 e. The Morgan fingerprint density at radius 2 is 2.14 bits per heavy atom. The lowest BCUT2D eigenvalue weighted by molar-refractivity contribution is 0.369. The molecule has 14 heavy (non-hydrogen) atoms. The molecule has 0 amide bonds. The molecule has 0 aliphatic rings. The molecule has 3 N–H and O–H groups in total. The van der Waals surface area contributed by atoms with Crippen molar-refractivity contribution >= 4 is 11.6 Å². The predicted molar refractivity (Wildman–Crippen MR) is 57.0 cm³/mol. The number of phenolic OH excluding ortho intramolecular Hbond substituents is 1. The van der Waals surface area contributed by atoms with Crippen molar-refractivity contribution in [2.45, 2.75) is 19.9 Å². The van der Waals surface area contributed by atoms with Crippen LogP contribution in [0.2, 0.25) is 5.02 Å². The number of aryl methyl sites for hydroxylation is 1. The number of benzene rings is 1. The second-order valence-corrected chi connectivity index (χ2v) is 3.64. The van der Waals surface area contributed by atoms with Crippen molar-refractivity contribution < 1.29 is 9.84 Å². The van der Waals surface area contributed by atoms with Crippen LogP contribution in [0.4, 0.5) is 0 Å².